The predicted molar refractivity (Wildman–Crippen MR) is 125 cm³/mol. The van der Waals surface area contributed by atoms with Crippen LogP contribution < -0.4 is 10.7 Å². The van der Waals surface area contributed by atoms with E-state index in [0.29, 0.717) is 21.8 Å². The van der Waals surface area contributed by atoms with Gasteiger partial charge >= 0.3 is 0 Å². The first kappa shape index (κ1) is 20.3. The molecule has 0 saturated heterocycles. The van der Waals surface area contributed by atoms with E-state index < -0.39 is 0 Å². The molecule has 0 aliphatic carbocycles. The van der Waals surface area contributed by atoms with Crippen molar-refractivity contribution >= 4 is 46.1 Å². The van der Waals surface area contributed by atoms with Gasteiger partial charge in [-0.15, -0.1) is 0 Å². The van der Waals surface area contributed by atoms with Gasteiger partial charge in [-0.2, -0.15) is 5.10 Å². The Bertz CT molecular complexity index is 1280. The molecule has 2 N–H and O–H groups in total. The Morgan fingerprint density at radius 3 is 2.35 bits per heavy atom. The largest absolute Gasteiger partial charge is 0.322 e. The van der Waals surface area contributed by atoms with Gasteiger partial charge in [-0.1, -0.05) is 60.1 Å². The van der Waals surface area contributed by atoms with Gasteiger partial charge in [-0.3, -0.25) is 9.59 Å². The average Bonchev–Trinajstić information content (AvgIpc) is 2.80. The van der Waals surface area contributed by atoms with E-state index >= 15 is 0 Å². The van der Waals surface area contributed by atoms with E-state index in [9.17, 15) is 9.59 Å². The fraction of sp³-hybridized carbons (Fsp3) is 0. The molecule has 0 radical (unpaired) electrons. The fourth-order valence-corrected chi connectivity index (χ4v) is 3.26. The number of rotatable bonds is 5. The van der Waals surface area contributed by atoms with E-state index in [-0.39, 0.29) is 11.8 Å². The summed E-state index contributed by atoms with van der Waals surface area (Å²) in [6.07, 6.45) is 1.62. The first-order valence-electron chi connectivity index (χ1n) is 9.58. The monoisotopic (exact) mass is 427 g/mol. The van der Waals surface area contributed by atoms with Gasteiger partial charge in [0, 0.05) is 27.4 Å². The molecule has 5 nitrogen and oxygen atoms in total. The molecule has 0 spiro atoms. The second-order valence-electron chi connectivity index (χ2n) is 6.81. The maximum absolute atomic E-state index is 12.5. The fourth-order valence-electron chi connectivity index (χ4n) is 3.13. The molecule has 2 amide bonds. The van der Waals surface area contributed by atoms with Gasteiger partial charge in [-0.05, 0) is 53.2 Å². The van der Waals surface area contributed by atoms with Crippen molar-refractivity contribution in [3.8, 4) is 0 Å². The van der Waals surface area contributed by atoms with Crippen molar-refractivity contribution < 1.29 is 9.59 Å². The highest BCUT2D eigenvalue weighted by Gasteiger charge is 2.09. The average molecular weight is 428 g/mol. The lowest BCUT2D eigenvalue weighted by molar-refractivity contribution is 0.0953. The zero-order valence-electron chi connectivity index (χ0n) is 16.4. The summed E-state index contributed by atoms with van der Waals surface area (Å²) in [6, 6.07) is 27.1. The van der Waals surface area contributed by atoms with Crippen LogP contribution in [0.4, 0.5) is 5.69 Å². The van der Waals surface area contributed by atoms with Crippen LogP contribution in [0, 0.1) is 0 Å². The number of hydrogen-bond acceptors (Lipinski definition) is 3. The second-order valence-corrected chi connectivity index (χ2v) is 7.25. The van der Waals surface area contributed by atoms with Crippen molar-refractivity contribution in [3.05, 3.63) is 113 Å². The quantitative estimate of drug-likeness (QED) is 0.325. The van der Waals surface area contributed by atoms with Crippen LogP contribution in [0.2, 0.25) is 5.02 Å². The van der Waals surface area contributed by atoms with Crippen molar-refractivity contribution in [2.45, 2.75) is 0 Å². The van der Waals surface area contributed by atoms with Crippen LogP contribution in [0.1, 0.15) is 26.3 Å². The zero-order valence-corrected chi connectivity index (χ0v) is 17.1. The summed E-state index contributed by atoms with van der Waals surface area (Å²) < 4.78 is 0. The number of hydrazone groups is 1. The molecule has 6 heteroatoms. The van der Waals surface area contributed by atoms with Crippen LogP contribution in [0.3, 0.4) is 0 Å². The maximum atomic E-state index is 12.5. The van der Waals surface area contributed by atoms with Gasteiger partial charge in [0.2, 0.25) is 0 Å². The molecule has 31 heavy (non-hydrogen) atoms. The molecular formula is C25H18ClN3O2. The lowest BCUT2D eigenvalue weighted by Crippen LogP contribution is -2.18. The minimum Gasteiger partial charge on any atom is -0.322 e. The van der Waals surface area contributed by atoms with E-state index in [1.807, 2.05) is 42.5 Å². The number of anilines is 1. The minimum absolute atomic E-state index is 0.289. The molecule has 152 valence electrons. The van der Waals surface area contributed by atoms with Crippen molar-refractivity contribution in [1.29, 1.82) is 0 Å². The number of nitrogens with zero attached hydrogens (tertiary/aromatic N) is 1. The normalized spacial score (nSPS) is 10.9. The van der Waals surface area contributed by atoms with E-state index in [2.05, 4.69) is 15.8 Å². The number of nitrogens with one attached hydrogen (secondary N) is 2. The number of benzene rings is 4. The summed E-state index contributed by atoms with van der Waals surface area (Å²) in [6.45, 7) is 0. The van der Waals surface area contributed by atoms with Crippen LogP contribution in [0.15, 0.2) is 96.1 Å². The number of carbonyl (C=O) groups excluding carboxylic acids is 2. The summed E-state index contributed by atoms with van der Waals surface area (Å²) in [4.78, 5) is 24.9. The van der Waals surface area contributed by atoms with E-state index in [0.717, 1.165) is 16.3 Å². The molecular weight excluding hydrogens is 410 g/mol. The molecule has 0 aliphatic heterocycles. The van der Waals surface area contributed by atoms with Gasteiger partial charge in [0.05, 0.1) is 6.21 Å². The Hall–Kier alpha value is -3.96. The highest BCUT2D eigenvalue weighted by atomic mass is 35.5. The Morgan fingerprint density at radius 2 is 1.52 bits per heavy atom. The second kappa shape index (κ2) is 9.24. The third-order valence-electron chi connectivity index (χ3n) is 4.68. The SMILES string of the molecule is O=C(N/N=C/c1cccc2ccccc12)c1cccc(NC(=O)c2ccc(Cl)cc2)c1. The molecule has 0 bridgehead atoms. The third-order valence-corrected chi connectivity index (χ3v) is 4.93. The molecule has 0 heterocycles. The minimum atomic E-state index is -0.376. The van der Waals surface area contributed by atoms with Crippen LogP contribution in [0.5, 0.6) is 0 Å². The molecule has 0 aliphatic rings. The van der Waals surface area contributed by atoms with Crippen molar-refractivity contribution in [1.82, 2.24) is 5.43 Å². The molecule has 4 aromatic rings. The van der Waals surface area contributed by atoms with Crippen LogP contribution in [0.25, 0.3) is 10.8 Å². The molecule has 0 fully saturated rings. The van der Waals surface area contributed by atoms with E-state index in [1.54, 1.807) is 54.7 Å². The number of amides is 2. The van der Waals surface area contributed by atoms with Crippen LogP contribution in [-0.4, -0.2) is 18.0 Å². The smallest absolute Gasteiger partial charge is 0.271 e. The van der Waals surface area contributed by atoms with E-state index in [1.165, 1.54) is 0 Å². The van der Waals surface area contributed by atoms with Gasteiger partial charge in [0.1, 0.15) is 0 Å². The maximum Gasteiger partial charge on any atom is 0.271 e. The lowest BCUT2D eigenvalue weighted by Gasteiger charge is -2.07. The summed E-state index contributed by atoms with van der Waals surface area (Å²) in [5.74, 6) is -0.665. The number of carbonyl (C=O) groups is 2. The molecule has 0 aromatic heterocycles. The Balaban J connectivity index is 1.43. The predicted octanol–water partition coefficient (Wildman–Crippen LogP) is 5.51. The number of hydrogen-bond donors (Lipinski definition) is 2. The van der Waals surface area contributed by atoms with Crippen LogP contribution in [-0.2, 0) is 0 Å². The Kier molecular flexibility index (Phi) is 6.05. The Morgan fingerprint density at radius 1 is 0.774 bits per heavy atom. The topological polar surface area (TPSA) is 70.6 Å². The van der Waals surface area contributed by atoms with Gasteiger partial charge in [0.25, 0.3) is 11.8 Å². The van der Waals surface area contributed by atoms with Crippen molar-refractivity contribution in [2.24, 2.45) is 5.10 Å². The van der Waals surface area contributed by atoms with Crippen molar-refractivity contribution in [2.75, 3.05) is 5.32 Å². The van der Waals surface area contributed by atoms with E-state index in [4.69, 9.17) is 11.6 Å². The first-order chi connectivity index (χ1) is 15.1. The van der Waals surface area contributed by atoms with Gasteiger partial charge < -0.3 is 5.32 Å². The first-order valence-corrected chi connectivity index (χ1v) is 9.96. The van der Waals surface area contributed by atoms with Crippen LogP contribution >= 0.6 is 11.6 Å². The molecule has 0 saturated carbocycles. The summed E-state index contributed by atoms with van der Waals surface area (Å²) in [5.41, 5.74) is 4.79. The molecule has 0 unspecified atom stereocenters. The zero-order chi connectivity index (χ0) is 21.6. The van der Waals surface area contributed by atoms with Crippen molar-refractivity contribution in [3.63, 3.8) is 0 Å². The number of fused-ring (bicyclic) bond motifs is 1. The van der Waals surface area contributed by atoms with Gasteiger partial charge in [0.15, 0.2) is 0 Å². The molecule has 4 aromatic carbocycles. The molecule has 4 rings (SSSR count). The molecule has 0 atom stereocenters. The lowest BCUT2D eigenvalue weighted by atomic mass is 10.1. The van der Waals surface area contributed by atoms with Gasteiger partial charge in [-0.25, -0.2) is 5.43 Å². The summed E-state index contributed by atoms with van der Waals surface area (Å²) in [7, 11) is 0. The summed E-state index contributed by atoms with van der Waals surface area (Å²) in [5, 5.41) is 9.57. The highest BCUT2D eigenvalue weighted by Crippen LogP contribution is 2.17. The standard InChI is InChI=1S/C25H18ClN3O2/c26-21-13-11-18(12-14-21)24(30)28-22-9-4-7-19(15-22)25(31)29-27-16-20-8-3-6-17-5-1-2-10-23(17)20/h1-16H,(H,28,30)(H,29,31)/b27-16+. The highest BCUT2D eigenvalue weighted by molar-refractivity contribution is 6.30. The Labute approximate surface area is 184 Å². The summed E-state index contributed by atoms with van der Waals surface area (Å²) >= 11 is 5.85. The number of halogens is 1. The third kappa shape index (κ3) is 4.97.